The van der Waals surface area contributed by atoms with Gasteiger partial charge in [0.1, 0.15) is 12.2 Å². The van der Waals surface area contributed by atoms with Crippen molar-refractivity contribution < 1.29 is 18.5 Å². The number of carbonyl (C=O) groups excluding carboxylic acids is 1. The van der Waals surface area contributed by atoms with Crippen LogP contribution < -0.4 is 5.32 Å². The fourth-order valence-electron chi connectivity index (χ4n) is 3.38. The van der Waals surface area contributed by atoms with Crippen molar-refractivity contribution in [3.05, 3.63) is 74.6 Å². The summed E-state index contributed by atoms with van der Waals surface area (Å²) in [6, 6.07) is 12.0. The molecule has 7 nitrogen and oxygen atoms in total. The summed E-state index contributed by atoms with van der Waals surface area (Å²) in [5.74, 6) is -0.552. The second-order valence-corrected chi connectivity index (χ2v) is 9.28. The molecule has 0 bridgehead atoms. The predicted molar refractivity (Wildman–Crippen MR) is 121 cm³/mol. The second kappa shape index (κ2) is 9.48. The van der Waals surface area contributed by atoms with Gasteiger partial charge in [0.05, 0.1) is 15.6 Å². The summed E-state index contributed by atoms with van der Waals surface area (Å²) >= 11 is 7.42. The van der Waals surface area contributed by atoms with Gasteiger partial charge in [-0.15, -0.1) is 0 Å². The molecule has 1 aliphatic carbocycles. The van der Waals surface area contributed by atoms with Gasteiger partial charge >= 0.3 is 0 Å². The van der Waals surface area contributed by atoms with Gasteiger partial charge in [-0.1, -0.05) is 41.1 Å². The molecule has 2 aromatic carbocycles. The number of nitro groups is 1. The number of carbonyl (C=O) groups is 1. The van der Waals surface area contributed by atoms with Crippen LogP contribution in [0.5, 0.6) is 0 Å². The van der Waals surface area contributed by atoms with Crippen molar-refractivity contribution >= 4 is 40.6 Å². The van der Waals surface area contributed by atoms with E-state index < -0.39 is 22.9 Å². The molecular formula is C22H19ClF2N4O3S. The van der Waals surface area contributed by atoms with Crippen LogP contribution in [0.1, 0.15) is 42.1 Å². The average molecular weight is 493 g/mol. The third kappa shape index (κ3) is 5.51. The Kier molecular flexibility index (Phi) is 6.66. The van der Waals surface area contributed by atoms with Crippen LogP contribution in [0.25, 0.3) is 0 Å². The van der Waals surface area contributed by atoms with Crippen LogP contribution in [-0.2, 0) is 11.3 Å². The normalized spacial score (nSPS) is 13.4. The molecule has 1 aliphatic rings. The van der Waals surface area contributed by atoms with Gasteiger partial charge < -0.3 is 5.32 Å². The Labute approximate surface area is 197 Å². The number of alkyl halides is 2. The lowest BCUT2D eigenvalue weighted by atomic mass is 10.2. The first kappa shape index (κ1) is 23.2. The van der Waals surface area contributed by atoms with Crippen molar-refractivity contribution in [2.75, 3.05) is 5.32 Å². The highest BCUT2D eigenvalue weighted by Crippen LogP contribution is 2.45. The van der Waals surface area contributed by atoms with E-state index in [9.17, 15) is 23.7 Å². The molecule has 1 N–H and O–H groups in total. The maximum absolute atomic E-state index is 13.2. The molecule has 0 atom stereocenters. The summed E-state index contributed by atoms with van der Waals surface area (Å²) in [6.45, 7) is 1.63. The Bertz CT molecular complexity index is 1210. The smallest absolute Gasteiger partial charge is 0.283 e. The summed E-state index contributed by atoms with van der Waals surface area (Å²) in [5, 5.41) is 17.7. The van der Waals surface area contributed by atoms with Crippen molar-refractivity contribution in [2.24, 2.45) is 0 Å². The van der Waals surface area contributed by atoms with Gasteiger partial charge in [0.15, 0.2) is 0 Å². The average Bonchev–Trinajstić information content (AvgIpc) is 3.52. The zero-order chi connectivity index (χ0) is 23.7. The molecule has 1 saturated carbocycles. The van der Waals surface area contributed by atoms with Crippen LogP contribution in [0.4, 0.5) is 20.2 Å². The minimum absolute atomic E-state index is 0.000578. The molecule has 0 saturated heterocycles. The van der Waals surface area contributed by atoms with Crippen molar-refractivity contribution in [3.8, 4) is 0 Å². The predicted octanol–water partition coefficient (Wildman–Crippen LogP) is 6.36. The topological polar surface area (TPSA) is 90.1 Å². The maximum atomic E-state index is 13.2. The second-order valence-electron chi connectivity index (χ2n) is 7.75. The maximum Gasteiger partial charge on any atom is 0.283 e. The molecule has 33 heavy (non-hydrogen) atoms. The summed E-state index contributed by atoms with van der Waals surface area (Å²) in [5.41, 5.74) is 1.02. The molecule has 0 radical (unpaired) electrons. The molecule has 0 unspecified atom stereocenters. The number of halogens is 3. The van der Waals surface area contributed by atoms with E-state index in [0.717, 1.165) is 23.3 Å². The van der Waals surface area contributed by atoms with Crippen molar-refractivity contribution in [3.63, 3.8) is 0 Å². The number of hydrogen-bond donors (Lipinski definition) is 1. The first-order chi connectivity index (χ1) is 15.7. The molecule has 0 aliphatic heterocycles. The third-order valence-electron chi connectivity index (χ3n) is 5.06. The molecular weight excluding hydrogens is 474 g/mol. The third-order valence-corrected chi connectivity index (χ3v) is 6.43. The lowest BCUT2D eigenvalue weighted by molar-refractivity contribution is -0.385. The molecule has 3 aromatic rings. The van der Waals surface area contributed by atoms with E-state index in [-0.39, 0.29) is 28.9 Å². The summed E-state index contributed by atoms with van der Waals surface area (Å²) < 4.78 is 27.7. The van der Waals surface area contributed by atoms with Crippen LogP contribution in [0, 0.1) is 17.0 Å². The zero-order valence-electron chi connectivity index (χ0n) is 17.4. The lowest BCUT2D eigenvalue weighted by Gasteiger charge is -2.10. The van der Waals surface area contributed by atoms with E-state index in [4.69, 9.17) is 11.6 Å². The van der Waals surface area contributed by atoms with Gasteiger partial charge in [-0.25, -0.2) is 8.78 Å². The molecule has 0 spiro atoms. The minimum atomic E-state index is -2.85. The van der Waals surface area contributed by atoms with E-state index in [1.54, 1.807) is 6.07 Å². The highest BCUT2D eigenvalue weighted by Gasteiger charge is 2.34. The summed E-state index contributed by atoms with van der Waals surface area (Å²) in [7, 11) is 0. The monoisotopic (exact) mass is 492 g/mol. The Morgan fingerprint density at radius 1 is 1.27 bits per heavy atom. The number of benzene rings is 2. The number of aryl methyl sites for hydroxylation is 1. The molecule has 11 heteroatoms. The zero-order valence-corrected chi connectivity index (χ0v) is 19.0. The van der Waals surface area contributed by atoms with Gasteiger partial charge in [0, 0.05) is 33.5 Å². The first-order valence-corrected chi connectivity index (χ1v) is 11.3. The molecule has 1 amide bonds. The fourth-order valence-corrected chi connectivity index (χ4v) is 4.66. The number of hydrogen-bond acceptors (Lipinski definition) is 5. The van der Waals surface area contributed by atoms with Crippen LogP contribution in [-0.4, -0.2) is 20.6 Å². The SMILES string of the molecule is Cc1ccc(Sc2cc(NC(=O)Cn3nc(C(F)F)c(Cl)c3C3CC3)cc([N+](=O)[O-])c2)cc1. The Balaban J connectivity index is 1.55. The number of anilines is 1. The standard InChI is InChI=1S/C22H19ClF2N4O3S/c1-12-2-6-16(7-3-12)33-17-9-14(8-15(10-17)29(31)32)26-18(30)11-28-21(13-4-5-13)19(23)20(27-28)22(24)25/h2-3,6-10,13,22H,4-5,11H2,1H3,(H,26,30). The van der Waals surface area contributed by atoms with E-state index in [0.29, 0.717) is 10.6 Å². The largest absolute Gasteiger partial charge is 0.324 e. The first-order valence-electron chi connectivity index (χ1n) is 10.1. The van der Waals surface area contributed by atoms with Gasteiger partial charge in [-0.2, -0.15) is 5.10 Å². The molecule has 1 heterocycles. The molecule has 4 rings (SSSR count). The minimum Gasteiger partial charge on any atom is -0.324 e. The van der Waals surface area contributed by atoms with E-state index in [1.807, 2.05) is 31.2 Å². The van der Waals surface area contributed by atoms with Crippen molar-refractivity contribution in [1.82, 2.24) is 9.78 Å². The lowest BCUT2D eigenvalue weighted by Crippen LogP contribution is -2.21. The highest BCUT2D eigenvalue weighted by atomic mass is 35.5. The molecule has 1 aromatic heterocycles. The summed E-state index contributed by atoms with van der Waals surface area (Å²) in [4.78, 5) is 25.0. The van der Waals surface area contributed by atoms with Gasteiger partial charge in [-0.3, -0.25) is 19.6 Å². The number of amides is 1. The number of rotatable bonds is 8. The van der Waals surface area contributed by atoms with Crippen LogP contribution in [0.3, 0.4) is 0 Å². The summed E-state index contributed by atoms with van der Waals surface area (Å²) in [6.07, 6.45) is -1.27. The van der Waals surface area contributed by atoms with Gasteiger partial charge in [-0.05, 0) is 38.0 Å². The van der Waals surface area contributed by atoms with Crippen molar-refractivity contribution in [1.29, 1.82) is 0 Å². The Morgan fingerprint density at radius 2 is 1.97 bits per heavy atom. The van der Waals surface area contributed by atoms with Crippen LogP contribution in [0.2, 0.25) is 5.02 Å². The van der Waals surface area contributed by atoms with Gasteiger partial charge in [0.25, 0.3) is 12.1 Å². The van der Waals surface area contributed by atoms with Crippen LogP contribution >= 0.6 is 23.4 Å². The Morgan fingerprint density at radius 3 is 2.58 bits per heavy atom. The quantitative estimate of drug-likeness (QED) is 0.292. The number of nitrogens with one attached hydrogen (secondary N) is 1. The number of aromatic nitrogens is 2. The van der Waals surface area contributed by atoms with E-state index in [1.165, 1.54) is 28.6 Å². The number of non-ortho nitro benzene ring substituents is 1. The Hall–Kier alpha value is -2.98. The number of nitro benzene ring substituents is 1. The molecule has 172 valence electrons. The van der Waals surface area contributed by atoms with E-state index >= 15 is 0 Å². The van der Waals surface area contributed by atoms with Crippen LogP contribution in [0.15, 0.2) is 52.3 Å². The highest BCUT2D eigenvalue weighted by molar-refractivity contribution is 7.99. The molecule has 1 fully saturated rings. The number of nitrogens with zero attached hydrogens (tertiary/aromatic N) is 3. The van der Waals surface area contributed by atoms with Gasteiger partial charge in [0.2, 0.25) is 5.91 Å². The van der Waals surface area contributed by atoms with E-state index in [2.05, 4.69) is 10.4 Å². The fraction of sp³-hybridized carbons (Fsp3) is 0.273. The van der Waals surface area contributed by atoms with Crippen molar-refractivity contribution in [2.45, 2.75) is 48.4 Å².